The van der Waals surface area contributed by atoms with Gasteiger partial charge in [0.1, 0.15) is 0 Å². The molecule has 1 aliphatic rings. The molecule has 9 heteroatoms. The molecule has 0 bridgehead atoms. The molecule has 5 rings (SSSR count). The molecule has 0 atom stereocenters. The summed E-state index contributed by atoms with van der Waals surface area (Å²) in [5.41, 5.74) is 3.29. The van der Waals surface area contributed by atoms with E-state index in [4.69, 9.17) is 4.98 Å². The summed E-state index contributed by atoms with van der Waals surface area (Å²) >= 11 is 0. The maximum Gasteiger partial charge on any atom is 0.212 e. The molecule has 0 N–H and O–H groups in total. The maximum absolute atomic E-state index is 13.5. The second-order valence-corrected chi connectivity index (χ2v) is 7.68. The number of imidazole rings is 1. The van der Waals surface area contributed by atoms with Crippen LogP contribution in [-0.2, 0) is 6.54 Å². The number of hydrogen-bond acceptors (Lipinski definition) is 5. The zero-order valence-electron chi connectivity index (χ0n) is 16.5. The van der Waals surface area contributed by atoms with E-state index in [1.165, 1.54) is 24.4 Å². The first kappa shape index (κ1) is 19.6. The average Bonchev–Trinajstić information content (AvgIpc) is 3.21. The standard InChI is InChI=1S/C22H19F3N6/c23-17-3-1-14(9-18(17)24)12-30-7-5-16(6-8-30)31-13-28-21-22(31)29-19(11-27-21)15-2-4-20(25)26-10-15/h1-4,9-11,13,16H,5-8,12H2. The van der Waals surface area contributed by atoms with Gasteiger partial charge in [0.25, 0.3) is 0 Å². The Morgan fingerprint density at radius 3 is 2.48 bits per heavy atom. The molecular weight excluding hydrogens is 405 g/mol. The van der Waals surface area contributed by atoms with Crippen molar-refractivity contribution in [1.82, 2.24) is 29.4 Å². The van der Waals surface area contributed by atoms with E-state index in [0.717, 1.165) is 31.5 Å². The second-order valence-electron chi connectivity index (χ2n) is 7.68. The number of fused-ring (bicyclic) bond motifs is 1. The molecule has 0 unspecified atom stereocenters. The van der Waals surface area contributed by atoms with Crippen LogP contribution in [0.1, 0.15) is 24.4 Å². The molecule has 0 saturated carbocycles. The summed E-state index contributed by atoms with van der Waals surface area (Å²) in [5, 5.41) is 0. The lowest BCUT2D eigenvalue weighted by Crippen LogP contribution is -2.34. The second kappa shape index (κ2) is 8.07. The Kier molecular flexibility index (Phi) is 5.11. The molecule has 1 saturated heterocycles. The summed E-state index contributed by atoms with van der Waals surface area (Å²) < 4.78 is 41.8. The Bertz CT molecular complexity index is 1220. The van der Waals surface area contributed by atoms with Gasteiger partial charge in [-0.2, -0.15) is 4.39 Å². The summed E-state index contributed by atoms with van der Waals surface area (Å²) in [5.74, 6) is -2.19. The molecular formula is C22H19F3N6. The molecule has 0 spiro atoms. The van der Waals surface area contributed by atoms with Gasteiger partial charge in [-0.25, -0.2) is 28.7 Å². The molecule has 31 heavy (non-hydrogen) atoms. The summed E-state index contributed by atoms with van der Waals surface area (Å²) in [6.45, 7) is 2.22. The first-order valence-electron chi connectivity index (χ1n) is 10.0. The monoisotopic (exact) mass is 424 g/mol. The number of halogens is 3. The van der Waals surface area contributed by atoms with Crippen LogP contribution in [0.4, 0.5) is 13.2 Å². The van der Waals surface area contributed by atoms with Crippen molar-refractivity contribution in [2.24, 2.45) is 0 Å². The van der Waals surface area contributed by atoms with E-state index < -0.39 is 17.6 Å². The van der Waals surface area contributed by atoms with Gasteiger partial charge in [0.15, 0.2) is 22.9 Å². The van der Waals surface area contributed by atoms with E-state index in [2.05, 4.69) is 19.9 Å². The topological polar surface area (TPSA) is 59.7 Å². The fourth-order valence-electron chi connectivity index (χ4n) is 3.99. The predicted molar refractivity (Wildman–Crippen MR) is 108 cm³/mol. The third-order valence-corrected chi connectivity index (χ3v) is 5.65. The molecule has 6 nitrogen and oxygen atoms in total. The van der Waals surface area contributed by atoms with Crippen molar-refractivity contribution < 1.29 is 13.2 Å². The molecule has 1 aliphatic heterocycles. The normalized spacial score (nSPS) is 15.6. The molecule has 3 aromatic heterocycles. The Morgan fingerprint density at radius 2 is 1.74 bits per heavy atom. The highest BCUT2D eigenvalue weighted by Gasteiger charge is 2.23. The lowest BCUT2D eigenvalue weighted by molar-refractivity contribution is 0.181. The third-order valence-electron chi connectivity index (χ3n) is 5.65. The number of rotatable bonds is 4. The van der Waals surface area contributed by atoms with Gasteiger partial charge in [0.2, 0.25) is 5.95 Å². The van der Waals surface area contributed by atoms with Crippen molar-refractivity contribution in [1.29, 1.82) is 0 Å². The van der Waals surface area contributed by atoms with Crippen LogP contribution in [-0.4, -0.2) is 42.5 Å². The van der Waals surface area contributed by atoms with Gasteiger partial charge in [-0.15, -0.1) is 0 Å². The van der Waals surface area contributed by atoms with Crippen LogP contribution in [0.25, 0.3) is 22.6 Å². The predicted octanol–water partition coefficient (Wildman–Crippen LogP) is 4.14. The van der Waals surface area contributed by atoms with Gasteiger partial charge in [-0.05, 0) is 42.7 Å². The minimum atomic E-state index is -0.827. The van der Waals surface area contributed by atoms with E-state index in [-0.39, 0.29) is 6.04 Å². The zero-order valence-corrected chi connectivity index (χ0v) is 16.5. The lowest BCUT2D eigenvalue weighted by atomic mass is 10.0. The van der Waals surface area contributed by atoms with Crippen molar-refractivity contribution in [3.05, 3.63) is 72.2 Å². The van der Waals surface area contributed by atoms with Crippen molar-refractivity contribution in [3.63, 3.8) is 0 Å². The van der Waals surface area contributed by atoms with Gasteiger partial charge in [0, 0.05) is 37.4 Å². The van der Waals surface area contributed by atoms with Crippen molar-refractivity contribution in [2.75, 3.05) is 13.1 Å². The van der Waals surface area contributed by atoms with Crippen molar-refractivity contribution in [3.8, 4) is 11.3 Å². The molecule has 0 amide bonds. The molecule has 1 aromatic carbocycles. The Balaban J connectivity index is 1.31. The van der Waals surface area contributed by atoms with Crippen molar-refractivity contribution >= 4 is 11.3 Å². The Hall–Kier alpha value is -3.33. The van der Waals surface area contributed by atoms with E-state index in [9.17, 15) is 13.2 Å². The molecule has 4 heterocycles. The van der Waals surface area contributed by atoms with Gasteiger partial charge < -0.3 is 4.57 Å². The summed E-state index contributed by atoms with van der Waals surface area (Å²) in [7, 11) is 0. The number of hydrogen-bond donors (Lipinski definition) is 0. The Morgan fingerprint density at radius 1 is 0.903 bits per heavy atom. The highest BCUT2D eigenvalue weighted by molar-refractivity contribution is 5.70. The van der Waals surface area contributed by atoms with Crippen LogP contribution in [0.5, 0.6) is 0 Å². The van der Waals surface area contributed by atoms with Crippen LogP contribution in [0.2, 0.25) is 0 Å². The maximum atomic E-state index is 13.5. The van der Waals surface area contributed by atoms with Gasteiger partial charge in [-0.1, -0.05) is 6.07 Å². The van der Waals surface area contributed by atoms with Crippen LogP contribution in [0.15, 0.2) is 49.1 Å². The minimum absolute atomic E-state index is 0.210. The van der Waals surface area contributed by atoms with Crippen LogP contribution < -0.4 is 0 Å². The highest BCUT2D eigenvalue weighted by atomic mass is 19.2. The van der Waals surface area contributed by atoms with E-state index >= 15 is 0 Å². The van der Waals surface area contributed by atoms with E-state index in [1.54, 1.807) is 24.7 Å². The fourth-order valence-corrected chi connectivity index (χ4v) is 3.99. The number of pyridine rings is 1. The largest absolute Gasteiger partial charge is 0.311 e. The van der Waals surface area contributed by atoms with Crippen molar-refractivity contribution in [2.45, 2.75) is 25.4 Å². The number of likely N-dealkylation sites (tertiary alicyclic amines) is 1. The molecule has 0 radical (unpaired) electrons. The Labute approximate surface area is 176 Å². The highest BCUT2D eigenvalue weighted by Crippen LogP contribution is 2.27. The van der Waals surface area contributed by atoms with Gasteiger partial charge >= 0.3 is 0 Å². The summed E-state index contributed by atoms with van der Waals surface area (Å²) in [4.78, 5) is 19.4. The number of piperidine rings is 1. The minimum Gasteiger partial charge on any atom is -0.311 e. The smallest absolute Gasteiger partial charge is 0.212 e. The van der Waals surface area contributed by atoms with Crippen LogP contribution in [0, 0.1) is 17.6 Å². The number of nitrogens with zero attached hydrogens (tertiary/aromatic N) is 6. The molecule has 0 aliphatic carbocycles. The zero-order chi connectivity index (χ0) is 21.4. The quantitative estimate of drug-likeness (QED) is 0.461. The molecule has 158 valence electrons. The average molecular weight is 424 g/mol. The van der Waals surface area contributed by atoms with Gasteiger partial charge in [0.05, 0.1) is 18.2 Å². The van der Waals surface area contributed by atoms with E-state index in [0.29, 0.717) is 29.1 Å². The fraction of sp³-hybridized carbons (Fsp3) is 0.273. The molecule has 4 aromatic rings. The van der Waals surface area contributed by atoms with Crippen LogP contribution >= 0.6 is 0 Å². The molecule has 1 fully saturated rings. The van der Waals surface area contributed by atoms with Gasteiger partial charge in [-0.3, -0.25) is 4.90 Å². The number of aromatic nitrogens is 5. The summed E-state index contributed by atoms with van der Waals surface area (Å²) in [6, 6.07) is 7.17. The first-order chi connectivity index (χ1) is 15.1. The summed E-state index contributed by atoms with van der Waals surface area (Å²) in [6.07, 6.45) is 6.55. The number of benzene rings is 1. The van der Waals surface area contributed by atoms with Crippen LogP contribution in [0.3, 0.4) is 0 Å². The van der Waals surface area contributed by atoms with E-state index in [1.807, 2.05) is 4.57 Å². The lowest BCUT2D eigenvalue weighted by Gasteiger charge is -2.32. The SMILES string of the molecule is Fc1ccc(-c2cnc3ncn(C4CCN(Cc5ccc(F)c(F)c5)CC4)c3n2)cn1. The third kappa shape index (κ3) is 4.00. The first-order valence-corrected chi connectivity index (χ1v) is 10.0.